The molecule has 0 unspecified atom stereocenters. The van der Waals surface area contributed by atoms with Gasteiger partial charge in [0.1, 0.15) is 0 Å². The number of carbonyl (C=O) groups excluding carboxylic acids is 1. The fourth-order valence-electron chi connectivity index (χ4n) is 1.51. The van der Waals surface area contributed by atoms with Crippen molar-refractivity contribution >= 4 is 33.2 Å². The summed E-state index contributed by atoms with van der Waals surface area (Å²) in [5.74, 6) is 0.593. The Balaban J connectivity index is 3.07. The Morgan fingerprint density at radius 3 is 2.53 bits per heavy atom. The van der Waals surface area contributed by atoms with E-state index >= 15 is 0 Å². The third kappa shape index (κ3) is 4.43. The predicted molar refractivity (Wildman–Crippen MR) is 79.3 cm³/mol. The van der Waals surface area contributed by atoms with Crippen LogP contribution in [0.2, 0.25) is 0 Å². The van der Waals surface area contributed by atoms with Gasteiger partial charge in [-0.25, -0.2) is 8.42 Å². The van der Waals surface area contributed by atoms with Gasteiger partial charge in [-0.3, -0.25) is 4.79 Å². The summed E-state index contributed by atoms with van der Waals surface area (Å²) in [6, 6.07) is 4.21. The lowest BCUT2D eigenvalue weighted by Crippen LogP contribution is -2.29. The van der Waals surface area contributed by atoms with Crippen LogP contribution in [0, 0.1) is 0 Å². The lowest BCUT2D eigenvalue weighted by atomic mass is 10.2. The zero-order valence-electron chi connectivity index (χ0n) is 11.2. The normalized spacial score (nSPS) is 11.3. The first-order valence-electron chi connectivity index (χ1n) is 5.60. The number of hydrogen-bond acceptors (Lipinski definition) is 5. The molecule has 0 atom stereocenters. The van der Waals surface area contributed by atoms with E-state index in [1.807, 2.05) is 6.26 Å². The highest BCUT2D eigenvalue weighted by atomic mass is 32.2. The highest BCUT2D eigenvalue weighted by Gasteiger charge is 2.16. The summed E-state index contributed by atoms with van der Waals surface area (Å²) in [6.07, 6.45) is 3.05. The molecule has 0 radical (unpaired) electrons. The van der Waals surface area contributed by atoms with Gasteiger partial charge in [-0.1, -0.05) is 0 Å². The Bertz CT molecular complexity index is 570. The van der Waals surface area contributed by atoms with Gasteiger partial charge in [0, 0.05) is 36.9 Å². The quantitative estimate of drug-likeness (QED) is 0.824. The van der Waals surface area contributed by atoms with Crippen molar-refractivity contribution in [1.82, 2.24) is 4.90 Å². The number of benzene rings is 1. The zero-order valence-corrected chi connectivity index (χ0v) is 12.8. The van der Waals surface area contributed by atoms with Gasteiger partial charge in [-0.05, 0) is 24.5 Å². The predicted octanol–water partition coefficient (Wildman–Crippen LogP) is 1.11. The molecule has 0 aliphatic rings. The summed E-state index contributed by atoms with van der Waals surface area (Å²) < 4.78 is 23.0. The molecule has 5 nitrogen and oxygen atoms in total. The molecular formula is C12H18N2O3S2. The number of carbonyl (C=O) groups is 1. The fraction of sp³-hybridized carbons (Fsp3) is 0.417. The van der Waals surface area contributed by atoms with Crippen LogP contribution in [0.3, 0.4) is 0 Å². The number of hydrogen-bond donors (Lipinski definition) is 1. The van der Waals surface area contributed by atoms with Gasteiger partial charge in [0.05, 0.1) is 4.90 Å². The third-order valence-corrected chi connectivity index (χ3v) is 4.26. The second-order valence-electron chi connectivity index (χ2n) is 4.28. The van der Waals surface area contributed by atoms with Crippen molar-refractivity contribution in [2.24, 2.45) is 0 Å². The lowest BCUT2D eigenvalue weighted by molar-refractivity contribution is 0.0803. The van der Waals surface area contributed by atoms with E-state index in [9.17, 15) is 13.2 Å². The molecule has 0 bridgehead atoms. The summed E-state index contributed by atoms with van der Waals surface area (Å²) in [5, 5.41) is 0. The minimum Gasteiger partial charge on any atom is -0.399 e. The van der Waals surface area contributed by atoms with Crippen molar-refractivity contribution in [3.8, 4) is 0 Å². The molecule has 1 aromatic carbocycles. The molecular weight excluding hydrogens is 284 g/mol. The summed E-state index contributed by atoms with van der Waals surface area (Å²) in [4.78, 5) is 13.8. The molecule has 19 heavy (non-hydrogen) atoms. The molecule has 0 fully saturated rings. The van der Waals surface area contributed by atoms with Crippen molar-refractivity contribution in [2.75, 3.05) is 37.6 Å². The lowest BCUT2D eigenvalue weighted by Gasteiger charge is -2.17. The molecule has 1 aromatic rings. The molecule has 2 N–H and O–H groups in total. The number of thioether (sulfide) groups is 1. The van der Waals surface area contributed by atoms with Crippen LogP contribution in [0.1, 0.15) is 10.4 Å². The molecule has 0 aromatic heterocycles. The zero-order chi connectivity index (χ0) is 14.6. The first-order chi connectivity index (χ1) is 8.75. The highest BCUT2D eigenvalue weighted by Crippen LogP contribution is 2.18. The summed E-state index contributed by atoms with van der Waals surface area (Å²) in [5.41, 5.74) is 6.22. The number of nitrogens with zero attached hydrogens (tertiary/aromatic N) is 1. The van der Waals surface area contributed by atoms with E-state index in [-0.39, 0.29) is 16.5 Å². The monoisotopic (exact) mass is 302 g/mol. The van der Waals surface area contributed by atoms with Gasteiger partial charge in [0.25, 0.3) is 5.91 Å². The second kappa shape index (κ2) is 6.29. The van der Waals surface area contributed by atoms with Crippen LogP contribution in [0.25, 0.3) is 0 Å². The summed E-state index contributed by atoms with van der Waals surface area (Å²) in [6.45, 7) is 0.600. The van der Waals surface area contributed by atoms with Crippen LogP contribution in [0.15, 0.2) is 23.1 Å². The topological polar surface area (TPSA) is 80.5 Å². The Morgan fingerprint density at radius 2 is 2.00 bits per heavy atom. The molecule has 0 saturated heterocycles. The van der Waals surface area contributed by atoms with E-state index in [1.165, 1.54) is 18.2 Å². The maximum atomic E-state index is 12.1. The largest absolute Gasteiger partial charge is 0.399 e. The Hall–Kier alpha value is -1.21. The average Bonchev–Trinajstić information content (AvgIpc) is 2.33. The van der Waals surface area contributed by atoms with Crippen LogP contribution >= 0.6 is 11.8 Å². The molecule has 0 spiro atoms. The van der Waals surface area contributed by atoms with Gasteiger partial charge >= 0.3 is 0 Å². The maximum absolute atomic E-state index is 12.1. The van der Waals surface area contributed by atoms with E-state index < -0.39 is 9.84 Å². The van der Waals surface area contributed by atoms with E-state index in [0.717, 1.165) is 12.0 Å². The van der Waals surface area contributed by atoms with Crippen LogP contribution in [-0.4, -0.2) is 51.1 Å². The molecule has 106 valence electrons. The van der Waals surface area contributed by atoms with Crippen LogP contribution in [-0.2, 0) is 9.84 Å². The minimum absolute atomic E-state index is 0.0640. The Morgan fingerprint density at radius 1 is 1.37 bits per heavy atom. The van der Waals surface area contributed by atoms with Crippen molar-refractivity contribution in [2.45, 2.75) is 4.90 Å². The molecule has 1 rings (SSSR count). The van der Waals surface area contributed by atoms with Gasteiger partial charge in [-0.15, -0.1) is 0 Å². The number of nitrogen functional groups attached to an aromatic ring is 1. The summed E-state index contributed by atoms with van der Waals surface area (Å²) >= 11 is 1.64. The van der Waals surface area contributed by atoms with Crippen molar-refractivity contribution in [3.05, 3.63) is 23.8 Å². The third-order valence-electron chi connectivity index (χ3n) is 2.58. The van der Waals surface area contributed by atoms with E-state index in [4.69, 9.17) is 5.73 Å². The molecule has 0 saturated carbocycles. The Labute approximate surface area is 118 Å². The fourth-order valence-corrected chi connectivity index (χ4v) is 2.66. The van der Waals surface area contributed by atoms with Gasteiger partial charge in [0.15, 0.2) is 9.84 Å². The number of nitrogens with two attached hydrogens (primary N) is 1. The second-order valence-corrected chi connectivity index (χ2v) is 7.28. The molecule has 7 heteroatoms. The van der Waals surface area contributed by atoms with E-state index in [1.54, 1.807) is 23.7 Å². The van der Waals surface area contributed by atoms with Crippen LogP contribution < -0.4 is 5.73 Å². The number of anilines is 1. The maximum Gasteiger partial charge on any atom is 0.253 e. The van der Waals surface area contributed by atoms with Crippen molar-refractivity contribution in [1.29, 1.82) is 0 Å². The first kappa shape index (κ1) is 15.8. The number of amides is 1. The van der Waals surface area contributed by atoms with Gasteiger partial charge in [-0.2, -0.15) is 11.8 Å². The van der Waals surface area contributed by atoms with E-state index in [2.05, 4.69) is 0 Å². The summed E-state index contributed by atoms with van der Waals surface area (Å²) in [7, 11) is -1.70. The first-order valence-corrected chi connectivity index (χ1v) is 8.89. The van der Waals surface area contributed by atoms with Crippen LogP contribution in [0.4, 0.5) is 5.69 Å². The SMILES string of the molecule is CSCCN(C)C(=O)c1cc(N)cc(S(C)(=O)=O)c1. The van der Waals surface area contributed by atoms with Gasteiger partial charge in [0.2, 0.25) is 0 Å². The van der Waals surface area contributed by atoms with Gasteiger partial charge < -0.3 is 10.6 Å². The van der Waals surface area contributed by atoms with Crippen molar-refractivity contribution in [3.63, 3.8) is 0 Å². The molecule has 0 aliphatic heterocycles. The average molecular weight is 302 g/mol. The highest BCUT2D eigenvalue weighted by molar-refractivity contribution is 7.98. The smallest absolute Gasteiger partial charge is 0.253 e. The van der Waals surface area contributed by atoms with E-state index in [0.29, 0.717) is 12.1 Å². The minimum atomic E-state index is -3.38. The molecule has 1 amide bonds. The number of rotatable bonds is 5. The van der Waals surface area contributed by atoms with Crippen LogP contribution in [0.5, 0.6) is 0 Å². The standard InChI is InChI=1S/C12H18N2O3S2/c1-14(4-5-18-2)12(15)9-6-10(13)8-11(7-9)19(3,16)17/h6-8H,4-5,13H2,1-3H3. The number of sulfone groups is 1. The molecule has 0 aliphatic carbocycles. The van der Waals surface area contributed by atoms with Crippen molar-refractivity contribution < 1.29 is 13.2 Å². The Kier molecular flexibility index (Phi) is 5.25. The molecule has 0 heterocycles.